The predicted octanol–water partition coefficient (Wildman–Crippen LogP) is 3.01. The van der Waals surface area contributed by atoms with Crippen molar-refractivity contribution >= 4 is 11.8 Å². The van der Waals surface area contributed by atoms with Gasteiger partial charge >= 0.3 is 5.97 Å². The molecule has 1 rings (SSSR count). The van der Waals surface area contributed by atoms with Gasteiger partial charge in [0, 0.05) is 12.0 Å². The van der Waals surface area contributed by atoms with Crippen molar-refractivity contribution in [3.63, 3.8) is 0 Å². The summed E-state index contributed by atoms with van der Waals surface area (Å²) in [5.41, 5.74) is 2.41. The minimum Gasteiger partial charge on any atom is -0.460 e. The number of rotatable bonds is 7. The molecule has 1 aromatic rings. The van der Waals surface area contributed by atoms with Crippen LogP contribution in [0.2, 0.25) is 0 Å². The summed E-state index contributed by atoms with van der Waals surface area (Å²) in [6.07, 6.45) is 1.44. The Labute approximate surface area is 114 Å². The van der Waals surface area contributed by atoms with Crippen LogP contribution in [0.1, 0.15) is 30.9 Å². The molecular weight excluding hydrogens is 240 g/mol. The average molecular weight is 260 g/mol. The summed E-state index contributed by atoms with van der Waals surface area (Å²) < 4.78 is 5.05. The zero-order chi connectivity index (χ0) is 14.3. The van der Waals surface area contributed by atoms with E-state index in [1.54, 1.807) is 0 Å². The third-order valence-electron chi connectivity index (χ3n) is 2.75. The van der Waals surface area contributed by atoms with Crippen LogP contribution in [-0.4, -0.2) is 18.4 Å². The van der Waals surface area contributed by atoms with Crippen LogP contribution in [0.5, 0.6) is 0 Å². The van der Waals surface area contributed by atoms with Gasteiger partial charge in [0.25, 0.3) is 0 Å². The van der Waals surface area contributed by atoms with Crippen molar-refractivity contribution in [2.45, 2.75) is 33.1 Å². The molecular formula is C16H20O3. The second-order valence-corrected chi connectivity index (χ2v) is 4.60. The first kappa shape index (κ1) is 15.2. The Morgan fingerprint density at radius 1 is 1.21 bits per heavy atom. The van der Waals surface area contributed by atoms with E-state index in [2.05, 4.69) is 6.58 Å². The molecule has 19 heavy (non-hydrogen) atoms. The minimum absolute atomic E-state index is 0.0104. The van der Waals surface area contributed by atoms with E-state index in [0.717, 1.165) is 17.5 Å². The molecule has 0 aliphatic carbocycles. The van der Waals surface area contributed by atoms with Crippen LogP contribution in [-0.2, 0) is 20.7 Å². The second kappa shape index (κ2) is 7.52. The molecule has 0 aromatic heterocycles. The van der Waals surface area contributed by atoms with E-state index in [0.29, 0.717) is 12.0 Å². The lowest BCUT2D eigenvalue weighted by Crippen LogP contribution is -2.14. The van der Waals surface area contributed by atoms with Crippen LogP contribution in [0.3, 0.4) is 0 Å². The number of hydrogen-bond donors (Lipinski definition) is 0. The smallest absolute Gasteiger partial charge is 0.310 e. The third-order valence-corrected chi connectivity index (χ3v) is 2.75. The van der Waals surface area contributed by atoms with E-state index in [-0.39, 0.29) is 24.8 Å². The lowest BCUT2D eigenvalue weighted by Gasteiger charge is -2.06. The molecule has 3 nitrogen and oxygen atoms in total. The highest BCUT2D eigenvalue weighted by Gasteiger charge is 2.10. The minimum atomic E-state index is -0.339. The van der Waals surface area contributed by atoms with Crippen LogP contribution in [0.4, 0.5) is 0 Å². The van der Waals surface area contributed by atoms with E-state index < -0.39 is 0 Å². The van der Waals surface area contributed by atoms with E-state index in [4.69, 9.17) is 4.74 Å². The molecule has 0 saturated carbocycles. The van der Waals surface area contributed by atoms with Gasteiger partial charge in [0.15, 0.2) is 5.78 Å². The Kier molecular flexibility index (Phi) is 6.00. The molecule has 3 heteroatoms. The summed E-state index contributed by atoms with van der Waals surface area (Å²) in [6, 6.07) is 7.69. The first-order valence-corrected chi connectivity index (χ1v) is 6.45. The molecule has 0 spiro atoms. The molecule has 0 saturated heterocycles. The molecule has 102 valence electrons. The van der Waals surface area contributed by atoms with Gasteiger partial charge in [0.2, 0.25) is 0 Å². The van der Waals surface area contributed by atoms with E-state index in [1.807, 2.05) is 38.1 Å². The maximum Gasteiger partial charge on any atom is 0.310 e. The molecule has 0 bridgehead atoms. The van der Waals surface area contributed by atoms with Crippen LogP contribution in [0, 0.1) is 6.92 Å². The first-order chi connectivity index (χ1) is 9.02. The fraction of sp³-hybridized carbons (Fsp3) is 0.375. The number of hydrogen-bond acceptors (Lipinski definition) is 3. The molecule has 0 N–H and O–H groups in total. The molecule has 0 unspecified atom stereocenters. The van der Waals surface area contributed by atoms with Crippen molar-refractivity contribution < 1.29 is 14.3 Å². The standard InChI is InChI=1S/C16H20O3/c1-4-5-15(17)13(3)11-19-16(18)10-14-8-6-12(2)7-9-14/h6-9H,3-5,10-11H2,1-2H3. The van der Waals surface area contributed by atoms with Crippen LogP contribution < -0.4 is 0 Å². The first-order valence-electron chi connectivity index (χ1n) is 6.45. The van der Waals surface area contributed by atoms with Crippen LogP contribution in [0.25, 0.3) is 0 Å². The molecule has 0 amide bonds. The number of esters is 1. The topological polar surface area (TPSA) is 43.4 Å². The Morgan fingerprint density at radius 2 is 1.84 bits per heavy atom. The monoisotopic (exact) mass is 260 g/mol. The number of Topliss-reactive ketones (excluding diaryl/α,β-unsaturated/α-hetero) is 1. The number of carbonyl (C=O) groups is 2. The van der Waals surface area contributed by atoms with E-state index >= 15 is 0 Å². The number of ketones is 1. The largest absolute Gasteiger partial charge is 0.460 e. The summed E-state index contributed by atoms with van der Waals surface area (Å²) in [6.45, 7) is 7.54. The average Bonchev–Trinajstić information content (AvgIpc) is 2.39. The van der Waals surface area contributed by atoms with Gasteiger partial charge in [-0.05, 0) is 18.9 Å². The van der Waals surface area contributed by atoms with Gasteiger partial charge in [-0.2, -0.15) is 0 Å². The highest BCUT2D eigenvalue weighted by Crippen LogP contribution is 2.06. The Hall–Kier alpha value is -1.90. The van der Waals surface area contributed by atoms with Gasteiger partial charge in [-0.1, -0.05) is 43.3 Å². The van der Waals surface area contributed by atoms with Gasteiger partial charge in [0.05, 0.1) is 6.42 Å². The Balaban J connectivity index is 2.37. The highest BCUT2D eigenvalue weighted by atomic mass is 16.5. The van der Waals surface area contributed by atoms with E-state index in [9.17, 15) is 9.59 Å². The quantitative estimate of drug-likeness (QED) is 0.559. The normalized spacial score (nSPS) is 10.0. The van der Waals surface area contributed by atoms with Crippen molar-refractivity contribution in [3.05, 3.63) is 47.5 Å². The van der Waals surface area contributed by atoms with Crippen molar-refractivity contribution in [3.8, 4) is 0 Å². The van der Waals surface area contributed by atoms with E-state index in [1.165, 1.54) is 0 Å². The molecule has 0 atom stereocenters. The highest BCUT2D eigenvalue weighted by molar-refractivity contribution is 5.95. The van der Waals surface area contributed by atoms with Gasteiger partial charge in [-0.3, -0.25) is 9.59 Å². The molecule has 0 aliphatic rings. The number of carbonyl (C=O) groups excluding carboxylic acids is 2. The maximum atomic E-state index is 11.6. The number of aryl methyl sites for hydroxylation is 1. The van der Waals surface area contributed by atoms with Crippen LogP contribution in [0.15, 0.2) is 36.4 Å². The summed E-state index contributed by atoms with van der Waals surface area (Å²) >= 11 is 0. The van der Waals surface area contributed by atoms with Crippen molar-refractivity contribution in [1.82, 2.24) is 0 Å². The van der Waals surface area contributed by atoms with Gasteiger partial charge in [-0.25, -0.2) is 0 Å². The molecule has 0 heterocycles. The second-order valence-electron chi connectivity index (χ2n) is 4.60. The predicted molar refractivity (Wildman–Crippen MR) is 74.9 cm³/mol. The molecule has 0 radical (unpaired) electrons. The summed E-state index contributed by atoms with van der Waals surface area (Å²) in [5.74, 6) is -0.375. The summed E-state index contributed by atoms with van der Waals surface area (Å²) in [7, 11) is 0. The molecule has 1 aromatic carbocycles. The zero-order valence-corrected chi connectivity index (χ0v) is 11.6. The van der Waals surface area contributed by atoms with Gasteiger partial charge in [-0.15, -0.1) is 0 Å². The number of benzene rings is 1. The van der Waals surface area contributed by atoms with Crippen molar-refractivity contribution in [2.24, 2.45) is 0 Å². The Bertz CT molecular complexity index is 457. The summed E-state index contributed by atoms with van der Waals surface area (Å²) in [4.78, 5) is 23.1. The number of ether oxygens (including phenoxy) is 1. The lowest BCUT2D eigenvalue weighted by molar-refractivity contribution is -0.142. The maximum absolute atomic E-state index is 11.6. The lowest BCUT2D eigenvalue weighted by atomic mass is 10.1. The van der Waals surface area contributed by atoms with Crippen molar-refractivity contribution in [1.29, 1.82) is 0 Å². The molecule has 0 fully saturated rings. The molecule has 0 aliphatic heterocycles. The third kappa shape index (κ3) is 5.51. The van der Waals surface area contributed by atoms with Crippen molar-refractivity contribution in [2.75, 3.05) is 6.61 Å². The summed E-state index contributed by atoms with van der Waals surface area (Å²) in [5, 5.41) is 0. The Morgan fingerprint density at radius 3 is 2.42 bits per heavy atom. The van der Waals surface area contributed by atoms with Gasteiger partial charge in [0.1, 0.15) is 6.61 Å². The zero-order valence-electron chi connectivity index (χ0n) is 11.6. The van der Waals surface area contributed by atoms with Crippen LogP contribution >= 0.6 is 0 Å². The van der Waals surface area contributed by atoms with Gasteiger partial charge < -0.3 is 4.74 Å². The fourth-order valence-electron chi connectivity index (χ4n) is 1.58. The SMILES string of the molecule is C=C(COC(=O)Cc1ccc(C)cc1)C(=O)CCC. The fourth-order valence-corrected chi connectivity index (χ4v) is 1.58.